The summed E-state index contributed by atoms with van der Waals surface area (Å²) in [5, 5.41) is 0.0837. The molecule has 0 spiro atoms. The van der Waals surface area contributed by atoms with E-state index in [0.717, 1.165) is 17.3 Å². The highest BCUT2D eigenvalue weighted by atomic mass is 35.5. The second-order valence-electron chi connectivity index (χ2n) is 4.00. The largest absolute Gasteiger partial charge is 0.406 e. The van der Waals surface area contributed by atoms with E-state index in [2.05, 4.69) is 9.97 Å². The van der Waals surface area contributed by atoms with Gasteiger partial charge >= 0.3 is 6.18 Å². The monoisotopic (exact) mass is 279 g/mol. The Bertz CT molecular complexity index is 445. The topological polar surface area (TPSA) is 46.1 Å². The SMILES string of the molecule is O=C(c1cnc(Cl)cn1)N(CC(F)(F)F)C1CC1. The summed E-state index contributed by atoms with van der Waals surface area (Å²) in [5.41, 5.74) is -0.129. The summed E-state index contributed by atoms with van der Waals surface area (Å²) in [6, 6.07) is -0.350. The normalized spacial score (nSPS) is 15.6. The van der Waals surface area contributed by atoms with Gasteiger partial charge in [-0.2, -0.15) is 13.2 Å². The van der Waals surface area contributed by atoms with Crippen molar-refractivity contribution >= 4 is 17.5 Å². The maximum absolute atomic E-state index is 12.4. The van der Waals surface area contributed by atoms with Gasteiger partial charge in [0.2, 0.25) is 0 Å². The molecule has 0 unspecified atom stereocenters. The van der Waals surface area contributed by atoms with Gasteiger partial charge in [-0.25, -0.2) is 9.97 Å². The maximum atomic E-state index is 12.4. The van der Waals surface area contributed by atoms with E-state index in [1.807, 2.05) is 0 Å². The van der Waals surface area contributed by atoms with Crippen LogP contribution >= 0.6 is 11.6 Å². The van der Waals surface area contributed by atoms with Gasteiger partial charge in [-0.1, -0.05) is 11.6 Å². The van der Waals surface area contributed by atoms with Gasteiger partial charge in [-0.15, -0.1) is 0 Å². The first-order valence-electron chi connectivity index (χ1n) is 5.22. The van der Waals surface area contributed by atoms with Crippen molar-refractivity contribution in [1.29, 1.82) is 0 Å². The van der Waals surface area contributed by atoms with Crippen LogP contribution in [0.5, 0.6) is 0 Å². The molecular weight excluding hydrogens is 271 g/mol. The average Bonchev–Trinajstić information content (AvgIpc) is 3.08. The van der Waals surface area contributed by atoms with Gasteiger partial charge < -0.3 is 4.90 Å². The summed E-state index contributed by atoms with van der Waals surface area (Å²) in [7, 11) is 0. The fourth-order valence-electron chi connectivity index (χ4n) is 1.52. The quantitative estimate of drug-likeness (QED) is 0.853. The van der Waals surface area contributed by atoms with Crippen LogP contribution in [0.2, 0.25) is 5.15 Å². The van der Waals surface area contributed by atoms with Crippen molar-refractivity contribution in [2.24, 2.45) is 0 Å². The summed E-state index contributed by atoms with van der Waals surface area (Å²) >= 11 is 5.50. The molecule has 1 saturated carbocycles. The van der Waals surface area contributed by atoms with Gasteiger partial charge in [0, 0.05) is 6.04 Å². The van der Waals surface area contributed by atoms with E-state index in [1.54, 1.807) is 0 Å². The molecule has 1 aromatic rings. The predicted molar refractivity (Wildman–Crippen MR) is 57.2 cm³/mol. The molecule has 18 heavy (non-hydrogen) atoms. The van der Waals surface area contributed by atoms with Crippen molar-refractivity contribution < 1.29 is 18.0 Å². The van der Waals surface area contributed by atoms with Crippen LogP contribution in [0.4, 0.5) is 13.2 Å². The van der Waals surface area contributed by atoms with Gasteiger partial charge in [0.1, 0.15) is 17.4 Å². The van der Waals surface area contributed by atoms with Crippen LogP contribution in [0.3, 0.4) is 0 Å². The van der Waals surface area contributed by atoms with Gasteiger partial charge in [0.05, 0.1) is 12.4 Å². The minimum Gasteiger partial charge on any atom is -0.325 e. The number of carbonyl (C=O) groups is 1. The van der Waals surface area contributed by atoms with Crippen molar-refractivity contribution in [1.82, 2.24) is 14.9 Å². The number of nitrogens with zero attached hydrogens (tertiary/aromatic N) is 3. The lowest BCUT2D eigenvalue weighted by Gasteiger charge is -2.23. The molecule has 0 aromatic carbocycles. The van der Waals surface area contributed by atoms with Crippen molar-refractivity contribution in [3.63, 3.8) is 0 Å². The molecule has 1 heterocycles. The number of halogens is 4. The standard InChI is InChI=1S/C10H9ClF3N3O/c11-8-4-15-7(3-16-8)9(18)17(6-1-2-6)5-10(12,13)14/h3-4,6H,1-2,5H2. The molecule has 1 amide bonds. The summed E-state index contributed by atoms with van der Waals surface area (Å²) in [6.07, 6.45) is -1.03. The van der Waals surface area contributed by atoms with Crippen molar-refractivity contribution in [3.05, 3.63) is 23.2 Å². The fourth-order valence-corrected chi connectivity index (χ4v) is 1.61. The first-order valence-corrected chi connectivity index (χ1v) is 5.60. The Hall–Kier alpha value is -1.37. The van der Waals surface area contributed by atoms with E-state index in [9.17, 15) is 18.0 Å². The molecule has 8 heteroatoms. The number of carbonyl (C=O) groups excluding carboxylic acids is 1. The molecule has 0 atom stereocenters. The number of alkyl halides is 3. The molecule has 4 nitrogen and oxygen atoms in total. The minimum absolute atomic E-state index is 0.0837. The van der Waals surface area contributed by atoms with Crippen LogP contribution in [-0.2, 0) is 0 Å². The molecule has 1 fully saturated rings. The Labute approximate surface area is 106 Å². The lowest BCUT2D eigenvalue weighted by atomic mass is 10.3. The lowest BCUT2D eigenvalue weighted by molar-refractivity contribution is -0.141. The third-order valence-corrected chi connectivity index (χ3v) is 2.63. The molecule has 1 aliphatic carbocycles. The van der Waals surface area contributed by atoms with Gasteiger partial charge in [0.25, 0.3) is 5.91 Å². The van der Waals surface area contributed by atoms with Gasteiger partial charge in [-0.05, 0) is 12.8 Å². The first kappa shape index (κ1) is 13.1. The van der Waals surface area contributed by atoms with E-state index >= 15 is 0 Å². The fraction of sp³-hybridized carbons (Fsp3) is 0.500. The Balaban J connectivity index is 2.15. The zero-order chi connectivity index (χ0) is 13.3. The van der Waals surface area contributed by atoms with Crippen molar-refractivity contribution in [2.75, 3.05) is 6.54 Å². The third kappa shape index (κ3) is 3.32. The zero-order valence-corrected chi connectivity index (χ0v) is 9.87. The van der Waals surface area contributed by atoms with E-state index in [0.29, 0.717) is 12.8 Å². The van der Waals surface area contributed by atoms with Crippen LogP contribution in [-0.4, -0.2) is 39.5 Å². The van der Waals surface area contributed by atoms with Crippen LogP contribution in [0, 0.1) is 0 Å². The number of rotatable bonds is 3. The second-order valence-corrected chi connectivity index (χ2v) is 4.39. The molecular formula is C10H9ClF3N3O. The smallest absolute Gasteiger partial charge is 0.325 e. The molecule has 0 N–H and O–H groups in total. The lowest BCUT2D eigenvalue weighted by Crippen LogP contribution is -2.40. The number of hydrogen-bond donors (Lipinski definition) is 0. The zero-order valence-electron chi connectivity index (χ0n) is 9.12. The predicted octanol–water partition coefficient (Wildman–Crippen LogP) is 2.30. The first-order chi connectivity index (χ1) is 8.37. The van der Waals surface area contributed by atoms with Crippen molar-refractivity contribution in [3.8, 4) is 0 Å². The van der Waals surface area contributed by atoms with E-state index in [-0.39, 0.29) is 16.9 Å². The molecule has 0 aliphatic heterocycles. The second kappa shape index (κ2) is 4.72. The molecule has 0 radical (unpaired) electrons. The van der Waals surface area contributed by atoms with Crippen LogP contribution in [0.15, 0.2) is 12.4 Å². The Kier molecular flexibility index (Phi) is 3.43. The number of aromatic nitrogens is 2. The number of amides is 1. The maximum Gasteiger partial charge on any atom is 0.406 e. The highest BCUT2D eigenvalue weighted by Crippen LogP contribution is 2.31. The summed E-state index contributed by atoms with van der Waals surface area (Å²) < 4.78 is 37.1. The van der Waals surface area contributed by atoms with Crippen LogP contribution < -0.4 is 0 Å². The van der Waals surface area contributed by atoms with E-state index < -0.39 is 18.6 Å². The third-order valence-electron chi connectivity index (χ3n) is 2.44. The van der Waals surface area contributed by atoms with Crippen LogP contribution in [0.25, 0.3) is 0 Å². The van der Waals surface area contributed by atoms with Crippen molar-refractivity contribution in [2.45, 2.75) is 25.1 Å². The van der Waals surface area contributed by atoms with E-state index in [1.165, 1.54) is 0 Å². The summed E-state index contributed by atoms with van der Waals surface area (Å²) in [4.78, 5) is 20.0. The molecule has 98 valence electrons. The van der Waals surface area contributed by atoms with Gasteiger partial charge in [0.15, 0.2) is 0 Å². The molecule has 0 saturated heterocycles. The Morgan fingerprint density at radius 1 is 1.39 bits per heavy atom. The molecule has 1 aromatic heterocycles. The Morgan fingerprint density at radius 2 is 2.06 bits per heavy atom. The van der Waals surface area contributed by atoms with Crippen LogP contribution in [0.1, 0.15) is 23.3 Å². The molecule has 2 rings (SSSR count). The average molecular weight is 280 g/mol. The van der Waals surface area contributed by atoms with E-state index in [4.69, 9.17) is 11.6 Å². The Morgan fingerprint density at radius 3 is 2.50 bits per heavy atom. The summed E-state index contributed by atoms with van der Waals surface area (Å²) in [6.45, 7) is -1.26. The highest BCUT2D eigenvalue weighted by molar-refractivity contribution is 6.29. The minimum atomic E-state index is -4.42. The highest BCUT2D eigenvalue weighted by Gasteiger charge is 2.41. The molecule has 1 aliphatic rings. The van der Waals surface area contributed by atoms with Gasteiger partial charge in [-0.3, -0.25) is 4.79 Å². The molecule has 0 bridgehead atoms. The number of hydrogen-bond acceptors (Lipinski definition) is 3. The summed E-state index contributed by atoms with van der Waals surface area (Å²) in [5.74, 6) is -0.765.